The molecular formula is C25H24N6O11S2. The molecule has 0 aliphatic carbocycles. The summed E-state index contributed by atoms with van der Waals surface area (Å²) in [5.41, 5.74) is 1.74. The van der Waals surface area contributed by atoms with Crippen LogP contribution in [0.4, 0.5) is 10.8 Å². The van der Waals surface area contributed by atoms with Crippen molar-refractivity contribution in [3.8, 4) is 0 Å². The van der Waals surface area contributed by atoms with Crippen molar-refractivity contribution in [2.75, 3.05) is 11.5 Å². The molecule has 0 spiro atoms. The lowest BCUT2D eigenvalue weighted by Gasteiger charge is -2.56. The SMILES string of the molecule is CC(C)(O/N=C(\C(=O)N[C@@H]1C(=O)N2[C@@H]1CS[C@@H]1CC(=O)O[C@@]12C(=O)O)c1csc(N)n1)C(=O)OCc1ccc([N+](=O)[O-])cc1. The summed E-state index contributed by atoms with van der Waals surface area (Å²) in [6, 6.07) is 3.40. The molecule has 19 heteroatoms. The summed E-state index contributed by atoms with van der Waals surface area (Å²) >= 11 is 2.15. The van der Waals surface area contributed by atoms with Crippen molar-refractivity contribution in [1.29, 1.82) is 0 Å². The quantitative estimate of drug-likeness (QED) is 0.104. The second-order valence-corrected chi connectivity index (χ2v) is 12.5. The van der Waals surface area contributed by atoms with Crippen LogP contribution in [0.1, 0.15) is 31.5 Å². The van der Waals surface area contributed by atoms with Crippen LogP contribution in [0.3, 0.4) is 0 Å². The molecule has 4 heterocycles. The molecule has 3 aliphatic heterocycles. The number of carboxylic acid groups (broad SMARTS) is 1. The number of esters is 2. The molecule has 2 aromatic rings. The molecule has 1 aromatic heterocycles. The predicted molar refractivity (Wildman–Crippen MR) is 151 cm³/mol. The number of nitrogen functional groups attached to an aromatic ring is 1. The Morgan fingerprint density at radius 1 is 1.32 bits per heavy atom. The van der Waals surface area contributed by atoms with Crippen LogP contribution in [-0.2, 0) is 44.9 Å². The number of hydrogen-bond donors (Lipinski definition) is 3. The number of hydrogen-bond acceptors (Lipinski definition) is 15. The van der Waals surface area contributed by atoms with Gasteiger partial charge in [-0.3, -0.25) is 29.4 Å². The summed E-state index contributed by atoms with van der Waals surface area (Å²) in [6.45, 7) is 2.44. The maximum Gasteiger partial charge on any atom is 0.371 e. The smallest absolute Gasteiger partial charge is 0.371 e. The van der Waals surface area contributed by atoms with E-state index in [1.165, 1.54) is 43.5 Å². The van der Waals surface area contributed by atoms with Crippen molar-refractivity contribution < 1.29 is 48.3 Å². The van der Waals surface area contributed by atoms with Crippen LogP contribution in [0.15, 0.2) is 34.8 Å². The van der Waals surface area contributed by atoms with Crippen molar-refractivity contribution in [3.63, 3.8) is 0 Å². The van der Waals surface area contributed by atoms with Gasteiger partial charge in [0.2, 0.25) is 5.60 Å². The number of amides is 2. The number of nitrogens with two attached hydrogens (primary N) is 1. The number of rotatable bonds is 10. The number of fused-ring (bicyclic) bond motifs is 3. The number of non-ortho nitro benzene ring substituents is 1. The fraction of sp³-hybridized carbons (Fsp3) is 0.400. The van der Waals surface area contributed by atoms with Gasteiger partial charge in [0.05, 0.1) is 22.6 Å². The van der Waals surface area contributed by atoms with E-state index in [1.54, 1.807) is 0 Å². The number of anilines is 1. The van der Waals surface area contributed by atoms with Gasteiger partial charge in [-0.25, -0.2) is 14.6 Å². The largest absolute Gasteiger partial charge is 0.477 e. The summed E-state index contributed by atoms with van der Waals surface area (Å²) in [5.74, 6) is -4.57. The van der Waals surface area contributed by atoms with Gasteiger partial charge in [0.15, 0.2) is 10.8 Å². The molecular weight excluding hydrogens is 624 g/mol. The zero-order valence-electron chi connectivity index (χ0n) is 23.0. The van der Waals surface area contributed by atoms with Crippen LogP contribution in [0.2, 0.25) is 0 Å². The number of nitrogens with zero attached hydrogens (tertiary/aromatic N) is 4. The van der Waals surface area contributed by atoms with Gasteiger partial charge < -0.3 is 30.5 Å². The number of thioether (sulfide) groups is 1. The number of ether oxygens (including phenoxy) is 2. The van der Waals surface area contributed by atoms with Gasteiger partial charge in [-0.05, 0) is 31.5 Å². The highest BCUT2D eigenvalue weighted by atomic mass is 32.2. The molecule has 0 bridgehead atoms. The Labute approximate surface area is 255 Å². The molecule has 4 atom stereocenters. The number of nitro benzene ring substituents is 1. The zero-order chi connectivity index (χ0) is 32.0. The van der Waals surface area contributed by atoms with Gasteiger partial charge in [-0.1, -0.05) is 5.16 Å². The number of carboxylic acids is 1. The standard InChI is InChI=1S/C25H24N6O11S2/c1-24(2,22(37)40-8-11-3-5-12(6-4-11)31(38)39)42-29-17(13-9-44-23(26)27-13)19(33)28-18-14-10-43-15-7-16(32)41-25(15,21(35)36)30(14)20(18)34/h3-6,9,14-15,18H,7-8,10H2,1-2H3,(H2,26,27)(H,28,33)(H,35,36)/b29-17-/t14-,15-,18+,25-/m1/s1. The number of carbonyl (C=O) groups excluding carboxylic acids is 4. The topological polar surface area (TPSA) is 243 Å². The first-order chi connectivity index (χ1) is 20.7. The molecule has 3 saturated heterocycles. The second-order valence-electron chi connectivity index (χ2n) is 10.3. The summed E-state index contributed by atoms with van der Waals surface area (Å²) in [4.78, 5) is 84.1. The third kappa shape index (κ3) is 5.39. The normalized spacial score (nSPS) is 24.4. The lowest BCUT2D eigenvalue weighted by Crippen LogP contribution is -2.82. The first-order valence-electron chi connectivity index (χ1n) is 12.8. The third-order valence-electron chi connectivity index (χ3n) is 7.05. The van der Waals surface area contributed by atoms with E-state index < -0.39 is 69.0 Å². The Morgan fingerprint density at radius 3 is 2.64 bits per heavy atom. The number of aliphatic carboxylic acids is 1. The van der Waals surface area contributed by atoms with E-state index >= 15 is 0 Å². The molecule has 5 rings (SSSR count). The zero-order valence-corrected chi connectivity index (χ0v) is 24.6. The maximum absolute atomic E-state index is 13.4. The molecule has 2 amide bonds. The maximum atomic E-state index is 13.4. The van der Waals surface area contributed by atoms with Crippen LogP contribution in [0.25, 0.3) is 0 Å². The van der Waals surface area contributed by atoms with Crippen LogP contribution in [0.5, 0.6) is 0 Å². The van der Waals surface area contributed by atoms with E-state index in [0.29, 0.717) is 5.56 Å². The second kappa shape index (κ2) is 11.4. The Morgan fingerprint density at radius 2 is 2.02 bits per heavy atom. The average Bonchev–Trinajstić information content (AvgIpc) is 3.56. The van der Waals surface area contributed by atoms with Crippen LogP contribution < -0.4 is 11.1 Å². The van der Waals surface area contributed by atoms with Crippen molar-refractivity contribution >= 4 is 69.4 Å². The molecule has 3 aliphatic rings. The molecule has 232 valence electrons. The van der Waals surface area contributed by atoms with E-state index in [-0.39, 0.29) is 35.3 Å². The number of nitrogens with one attached hydrogen (secondary N) is 1. The van der Waals surface area contributed by atoms with Crippen LogP contribution >= 0.6 is 23.1 Å². The molecule has 3 fully saturated rings. The minimum Gasteiger partial charge on any atom is -0.477 e. The highest BCUT2D eigenvalue weighted by molar-refractivity contribution is 8.00. The Balaban J connectivity index is 1.29. The molecule has 44 heavy (non-hydrogen) atoms. The highest BCUT2D eigenvalue weighted by Crippen LogP contribution is 2.49. The van der Waals surface area contributed by atoms with E-state index in [1.807, 2.05) is 0 Å². The lowest BCUT2D eigenvalue weighted by atomic mass is 9.89. The van der Waals surface area contributed by atoms with E-state index in [9.17, 15) is 39.2 Å². The van der Waals surface area contributed by atoms with Gasteiger partial charge in [0, 0.05) is 23.3 Å². The molecule has 1 aromatic carbocycles. The fourth-order valence-corrected chi connectivity index (χ4v) is 6.83. The van der Waals surface area contributed by atoms with Crippen molar-refractivity contribution in [2.24, 2.45) is 5.16 Å². The van der Waals surface area contributed by atoms with Crippen LogP contribution in [0, 0.1) is 10.1 Å². The molecule has 0 saturated carbocycles. The first-order valence-corrected chi connectivity index (χ1v) is 14.8. The molecule has 0 radical (unpaired) electrons. The number of β-lactam (4-membered cyclic amide) rings is 1. The van der Waals surface area contributed by atoms with Gasteiger partial charge in [-0.2, -0.15) is 0 Å². The minimum atomic E-state index is -2.16. The van der Waals surface area contributed by atoms with Gasteiger partial charge in [0.25, 0.3) is 23.2 Å². The number of carbonyl (C=O) groups is 5. The van der Waals surface area contributed by atoms with Crippen molar-refractivity contribution in [2.45, 2.75) is 55.5 Å². The Bertz CT molecular complexity index is 1590. The first kappa shape index (κ1) is 30.7. The number of benzene rings is 1. The third-order valence-corrected chi connectivity index (χ3v) is 9.15. The summed E-state index contributed by atoms with van der Waals surface area (Å²) < 4.78 is 10.4. The van der Waals surface area contributed by atoms with Crippen LogP contribution in [-0.4, -0.2) is 89.8 Å². The van der Waals surface area contributed by atoms with Gasteiger partial charge in [-0.15, -0.1) is 23.1 Å². The Kier molecular flexibility index (Phi) is 7.93. The molecule has 17 nitrogen and oxygen atoms in total. The summed E-state index contributed by atoms with van der Waals surface area (Å²) in [7, 11) is 0. The number of nitro groups is 1. The molecule has 0 unspecified atom stereocenters. The molecule has 4 N–H and O–H groups in total. The number of thiazole rings is 1. The van der Waals surface area contributed by atoms with Crippen molar-refractivity contribution in [3.05, 3.63) is 51.0 Å². The van der Waals surface area contributed by atoms with Crippen molar-refractivity contribution in [1.82, 2.24) is 15.2 Å². The highest BCUT2D eigenvalue weighted by Gasteiger charge is 2.71. The van der Waals surface area contributed by atoms with Gasteiger partial charge in [0.1, 0.15) is 18.3 Å². The number of oxime groups is 1. The van der Waals surface area contributed by atoms with E-state index in [2.05, 4.69) is 15.5 Å². The monoisotopic (exact) mass is 648 g/mol. The van der Waals surface area contributed by atoms with Gasteiger partial charge >= 0.3 is 17.9 Å². The average molecular weight is 649 g/mol. The fourth-order valence-electron chi connectivity index (χ4n) is 4.77. The van der Waals surface area contributed by atoms with E-state index in [4.69, 9.17) is 20.0 Å². The summed E-state index contributed by atoms with van der Waals surface area (Å²) in [6.07, 6.45) is -0.171. The minimum absolute atomic E-state index is 0.0199. The lowest BCUT2D eigenvalue weighted by molar-refractivity contribution is -0.384. The number of aromatic nitrogens is 1. The summed E-state index contributed by atoms with van der Waals surface area (Å²) in [5, 5.41) is 27.8. The predicted octanol–water partition coefficient (Wildman–Crippen LogP) is 0.415. The van der Waals surface area contributed by atoms with E-state index in [0.717, 1.165) is 28.0 Å². The Hall–Kier alpha value is -4.78.